The molecule has 0 aliphatic heterocycles. The molecule has 3 aromatic rings. The molecule has 0 fully saturated rings. The van der Waals surface area contributed by atoms with Crippen LogP contribution in [-0.4, -0.2) is 15.5 Å². The van der Waals surface area contributed by atoms with Crippen molar-refractivity contribution in [1.82, 2.24) is 9.55 Å². The number of carbonyl (C=O) groups excluding carboxylic acids is 1. The van der Waals surface area contributed by atoms with Crippen LogP contribution in [0.2, 0.25) is 0 Å². The molecule has 0 N–H and O–H groups in total. The fraction of sp³-hybridized carbons (Fsp3) is 0.200. The third-order valence-electron chi connectivity index (χ3n) is 4.65. The summed E-state index contributed by atoms with van der Waals surface area (Å²) in [6, 6.07) is 20.5. The number of carbonyl (C=O) groups is 1. The van der Waals surface area contributed by atoms with Crippen LogP contribution in [0.25, 0.3) is 0 Å². The van der Waals surface area contributed by atoms with Crippen molar-refractivity contribution in [3.05, 3.63) is 114 Å². The van der Waals surface area contributed by atoms with E-state index in [0.29, 0.717) is 18.5 Å². The Morgan fingerprint density at radius 3 is 2.28 bits per heavy atom. The number of ether oxygens (including phenoxy) is 1. The lowest BCUT2D eigenvalue weighted by Crippen LogP contribution is -2.13. The molecule has 29 heavy (non-hydrogen) atoms. The molecule has 1 aromatic heterocycles. The molecule has 0 radical (unpaired) electrons. The summed E-state index contributed by atoms with van der Waals surface area (Å²) in [5.41, 5.74) is 4.82. The smallest absolute Gasteiger partial charge is 0.333 e. The number of allylic oxidation sites excluding steroid dienone is 1. The van der Waals surface area contributed by atoms with E-state index in [2.05, 4.69) is 42.0 Å². The van der Waals surface area contributed by atoms with Gasteiger partial charge in [0.1, 0.15) is 12.4 Å². The second-order valence-corrected chi connectivity index (χ2v) is 7.00. The largest absolute Gasteiger partial charge is 0.454 e. The van der Waals surface area contributed by atoms with Gasteiger partial charge in [-0.1, -0.05) is 73.3 Å². The van der Waals surface area contributed by atoms with E-state index in [1.807, 2.05) is 42.5 Å². The van der Waals surface area contributed by atoms with Gasteiger partial charge in [-0.15, -0.1) is 6.58 Å². The van der Waals surface area contributed by atoms with E-state index in [1.54, 1.807) is 6.92 Å². The third-order valence-corrected chi connectivity index (χ3v) is 4.65. The lowest BCUT2D eigenvalue weighted by atomic mass is 10.1. The molecule has 3 rings (SSSR count). The number of aromatic nitrogens is 2. The quantitative estimate of drug-likeness (QED) is 0.299. The standard InChI is InChI=1S/C25H26N2O2/c1-4-11-22-23(16-20-12-7-5-8-13-20)27(17-21-14-9-6-10-15-21)24(26-22)18-29-25(28)19(2)3/h4-10,12-15H,1-2,11,16-18H2,3H3. The Bertz CT molecular complexity index is 988. The minimum Gasteiger partial charge on any atom is -0.454 e. The first kappa shape index (κ1) is 20.3. The van der Waals surface area contributed by atoms with Crippen LogP contribution >= 0.6 is 0 Å². The normalized spacial score (nSPS) is 10.5. The molecular formula is C25H26N2O2. The molecule has 2 aromatic carbocycles. The van der Waals surface area contributed by atoms with E-state index in [-0.39, 0.29) is 6.61 Å². The van der Waals surface area contributed by atoms with Crippen molar-refractivity contribution < 1.29 is 9.53 Å². The zero-order valence-corrected chi connectivity index (χ0v) is 16.8. The van der Waals surface area contributed by atoms with Crippen molar-refractivity contribution in [3.63, 3.8) is 0 Å². The Morgan fingerprint density at radius 2 is 1.69 bits per heavy atom. The van der Waals surface area contributed by atoms with Crippen LogP contribution < -0.4 is 0 Å². The molecule has 0 spiro atoms. The number of esters is 1. The molecular weight excluding hydrogens is 360 g/mol. The zero-order valence-electron chi connectivity index (χ0n) is 16.8. The topological polar surface area (TPSA) is 44.1 Å². The van der Waals surface area contributed by atoms with Crippen molar-refractivity contribution in [2.75, 3.05) is 0 Å². The number of nitrogens with zero attached hydrogens (tertiary/aromatic N) is 2. The summed E-state index contributed by atoms with van der Waals surface area (Å²) in [6.07, 6.45) is 3.26. The fourth-order valence-corrected chi connectivity index (χ4v) is 3.20. The Morgan fingerprint density at radius 1 is 1.07 bits per heavy atom. The highest BCUT2D eigenvalue weighted by molar-refractivity contribution is 5.86. The van der Waals surface area contributed by atoms with E-state index in [0.717, 1.165) is 29.2 Å². The SMILES string of the molecule is C=CCc1nc(COC(=O)C(=C)C)n(Cc2ccccc2)c1Cc1ccccc1. The van der Waals surface area contributed by atoms with Gasteiger partial charge in [-0.25, -0.2) is 9.78 Å². The first-order valence-corrected chi connectivity index (χ1v) is 9.67. The van der Waals surface area contributed by atoms with Gasteiger partial charge in [0, 0.05) is 30.7 Å². The Labute approximate surface area is 172 Å². The van der Waals surface area contributed by atoms with Gasteiger partial charge in [0.15, 0.2) is 0 Å². The van der Waals surface area contributed by atoms with Crippen LogP contribution in [-0.2, 0) is 35.5 Å². The number of imidazole rings is 1. The van der Waals surface area contributed by atoms with Gasteiger partial charge in [-0.05, 0) is 18.1 Å². The molecule has 4 nitrogen and oxygen atoms in total. The van der Waals surface area contributed by atoms with Crippen molar-refractivity contribution in [3.8, 4) is 0 Å². The van der Waals surface area contributed by atoms with Gasteiger partial charge in [-0.2, -0.15) is 0 Å². The van der Waals surface area contributed by atoms with Crippen LogP contribution in [0.15, 0.2) is 85.5 Å². The first-order chi connectivity index (χ1) is 14.1. The van der Waals surface area contributed by atoms with Gasteiger partial charge in [0.25, 0.3) is 0 Å². The third kappa shape index (κ3) is 5.32. The Kier molecular flexibility index (Phi) is 6.80. The van der Waals surface area contributed by atoms with Crippen LogP contribution in [0.4, 0.5) is 0 Å². The van der Waals surface area contributed by atoms with Crippen molar-refractivity contribution >= 4 is 5.97 Å². The summed E-state index contributed by atoms with van der Waals surface area (Å²) in [4.78, 5) is 16.7. The minimum atomic E-state index is -0.408. The molecule has 0 atom stereocenters. The fourth-order valence-electron chi connectivity index (χ4n) is 3.20. The summed E-state index contributed by atoms with van der Waals surface area (Å²) in [7, 11) is 0. The summed E-state index contributed by atoms with van der Waals surface area (Å²) < 4.78 is 7.58. The summed E-state index contributed by atoms with van der Waals surface area (Å²) >= 11 is 0. The maximum Gasteiger partial charge on any atom is 0.333 e. The van der Waals surface area contributed by atoms with E-state index < -0.39 is 5.97 Å². The second kappa shape index (κ2) is 9.69. The number of hydrogen-bond donors (Lipinski definition) is 0. The molecule has 1 heterocycles. The minimum absolute atomic E-state index is 0.109. The van der Waals surface area contributed by atoms with Crippen LogP contribution in [0.1, 0.15) is 35.3 Å². The van der Waals surface area contributed by atoms with Crippen molar-refractivity contribution in [2.45, 2.75) is 32.9 Å². The molecule has 4 heteroatoms. The van der Waals surface area contributed by atoms with Crippen molar-refractivity contribution in [2.24, 2.45) is 0 Å². The van der Waals surface area contributed by atoms with E-state index in [9.17, 15) is 4.79 Å². The summed E-state index contributed by atoms with van der Waals surface area (Å²) in [5.74, 6) is 0.320. The highest BCUT2D eigenvalue weighted by Crippen LogP contribution is 2.21. The lowest BCUT2D eigenvalue weighted by molar-refractivity contribution is -0.140. The molecule has 0 amide bonds. The summed E-state index contributed by atoms with van der Waals surface area (Å²) in [5, 5.41) is 0. The first-order valence-electron chi connectivity index (χ1n) is 9.67. The van der Waals surface area contributed by atoms with Gasteiger partial charge >= 0.3 is 5.97 Å². The van der Waals surface area contributed by atoms with Gasteiger partial charge in [0.2, 0.25) is 0 Å². The van der Waals surface area contributed by atoms with E-state index in [4.69, 9.17) is 9.72 Å². The van der Waals surface area contributed by atoms with Crippen LogP contribution in [0.3, 0.4) is 0 Å². The van der Waals surface area contributed by atoms with E-state index in [1.165, 1.54) is 5.56 Å². The molecule has 0 aliphatic carbocycles. The van der Waals surface area contributed by atoms with Crippen molar-refractivity contribution in [1.29, 1.82) is 0 Å². The zero-order chi connectivity index (χ0) is 20.6. The van der Waals surface area contributed by atoms with Crippen LogP contribution in [0, 0.1) is 0 Å². The predicted molar refractivity (Wildman–Crippen MR) is 116 cm³/mol. The molecule has 148 valence electrons. The number of benzene rings is 2. The molecule has 0 saturated heterocycles. The summed E-state index contributed by atoms with van der Waals surface area (Å²) in [6.45, 7) is 9.94. The Hall–Kier alpha value is -3.40. The molecule has 0 unspecified atom stereocenters. The highest BCUT2D eigenvalue weighted by Gasteiger charge is 2.18. The monoisotopic (exact) mass is 386 g/mol. The number of rotatable bonds is 9. The highest BCUT2D eigenvalue weighted by atomic mass is 16.5. The Balaban J connectivity index is 2.00. The maximum absolute atomic E-state index is 11.9. The molecule has 0 saturated carbocycles. The average molecular weight is 386 g/mol. The van der Waals surface area contributed by atoms with Gasteiger partial charge < -0.3 is 9.30 Å². The lowest BCUT2D eigenvalue weighted by Gasteiger charge is -2.14. The van der Waals surface area contributed by atoms with E-state index >= 15 is 0 Å². The molecule has 0 aliphatic rings. The number of hydrogen-bond acceptors (Lipinski definition) is 3. The average Bonchev–Trinajstić information content (AvgIpc) is 3.04. The van der Waals surface area contributed by atoms with Gasteiger partial charge in [0.05, 0.1) is 5.69 Å². The maximum atomic E-state index is 11.9. The van der Waals surface area contributed by atoms with Gasteiger partial charge in [-0.3, -0.25) is 0 Å². The second-order valence-electron chi connectivity index (χ2n) is 7.00. The predicted octanol–water partition coefficient (Wildman–Crippen LogP) is 4.87. The van der Waals surface area contributed by atoms with Crippen LogP contribution in [0.5, 0.6) is 0 Å². The molecule has 0 bridgehead atoms.